The quantitative estimate of drug-likeness (QED) is 0.731. The number of anilines is 1. The van der Waals surface area contributed by atoms with Gasteiger partial charge < -0.3 is 14.8 Å². The van der Waals surface area contributed by atoms with Crippen molar-refractivity contribution >= 4 is 45.5 Å². The summed E-state index contributed by atoms with van der Waals surface area (Å²) in [6, 6.07) is 5.92. The third kappa shape index (κ3) is 4.27. The van der Waals surface area contributed by atoms with Gasteiger partial charge in [-0.25, -0.2) is 0 Å². The number of hydrogen-bond acceptors (Lipinski definition) is 4. The molecule has 0 saturated heterocycles. The van der Waals surface area contributed by atoms with Gasteiger partial charge in [0.15, 0.2) is 0 Å². The molecule has 0 unspecified atom stereocenters. The predicted molar refractivity (Wildman–Crippen MR) is 84.6 cm³/mol. The van der Waals surface area contributed by atoms with E-state index in [1.165, 1.54) is 36.6 Å². The highest BCUT2D eigenvalue weighted by molar-refractivity contribution is 14.1. The highest BCUT2D eigenvalue weighted by atomic mass is 127. The van der Waals surface area contributed by atoms with E-state index in [1.54, 1.807) is 11.4 Å². The van der Waals surface area contributed by atoms with Crippen molar-refractivity contribution in [1.82, 2.24) is 0 Å². The Bertz CT molecular complexity index is 648. The Balaban J connectivity index is 2.25. The first-order valence-electron chi connectivity index (χ1n) is 5.68. The molecular weight excluding hydrogens is 415 g/mol. The van der Waals surface area contributed by atoms with Gasteiger partial charge in [0.2, 0.25) is 0 Å². The zero-order chi connectivity index (χ0) is 15.4. The van der Waals surface area contributed by atoms with Gasteiger partial charge in [0, 0.05) is 11.4 Å². The zero-order valence-electron chi connectivity index (χ0n) is 10.7. The molecule has 21 heavy (non-hydrogen) atoms. The van der Waals surface area contributed by atoms with Crippen molar-refractivity contribution in [3.63, 3.8) is 0 Å². The first kappa shape index (κ1) is 16.0. The van der Waals surface area contributed by atoms with Gasteiger partial charge in [-0.3, -0.25) is 4.79 Å². The van der Waals surface area contributed by atoms with Gasteiger partial charge in [0.05, 0.1) is 21.2 Å². The first-order chi connectivity index (χ1) is 9.99. The van der Waals surface area contributed by atoms with Gasteiger partial charge in [0.1, 0.15) is 11.5 Å². The molecule has 2 rings (SSSR count). The van der Waals surface area contributed by atoms with E-state index in [4.69, 9.17) is 4.74 Å². The maximum absolute atomic E-state index is 12.4. The van der Waals surface area contributed by atoms with Crippen LogP contribution in [0.4, 0.5) is 14.5 Å². The number of ether oxygens (including phenoxy) is 2. The molecule has 1 aromatic carbocycles. The highest BCUT2D eigenvalue weighted by Gasteiger charge is 2.15. The van der Waals surface area contributed by atoms with Crippen LogP contribution in [0.25, 0.3) is 0 Å². The predicted octanol–water partition coefficient (Wildman–Crippen LogP) is 4.22. The van der Waals surface area contributed by atoms with Gasteiger partial charge in [-0.1, -0.05) is 0 Å². The summed E-state index contributed by atoms with van der Waals surface area (Å²) < 4.78 is 35.1. The minimum Gasteiger partial charge on any atom is -0.497 e. The van der Waals surface area contributed by atoms with E-state index in [9.17, 15) is 13.6 Å². The smallest absolute Gasteiger partial charge is 0.387 e. The van der Waals surface area contributed by atoms with Crippen molar-refractivity contribution in [2.75, 3.05) is 12.4 Å². The van der Waals surface area contributed by atoms with Crippen LogP contribution in [0.1, 0.15) is 10.4 Å². The fourth-order valence-corrected chi connectivity index (χ4v) is 2.88. The fraction of sp³-hybridized carbons (Fsp3) is 0.154. The molecule has 1 aromatic heterocycles. The molecule has 0 atom stereocenters. The van der Waals surface area contributed by atoms with Gasteiger partial charge >= 0.3 is 6.61 Å². The Morgan fingerprint density at radius 2 is 2.14 bits per heavy atom. The van der Waals surface area contributed by atoms with E-state index >= 15 is 0 Å². The van der Waals surface area contributed by atoms with E-state index < -0.39 is 12.5 Å². The molecule has 0 bridgehead atoms. The summed E-state index contributed by atoms with van der Waals surface area (Å²) in [6.45, 7) is -2.98. The number of halogens is 3. The number of methoxy groups -OCH3 is 1. The van der Waals surface area contributed by atoms with Crippen LogP contribution in [0, 0.1) is 2.88 Å². The van der Waals surface area contributed by atoms with Crippen LogP contribution in [0.5, 0.6) is 11.5 Å². The Morgan fingerprint density at radius 1 is 1.38 bits per heavy atom. The second-order valence-electron chi connectivity index (χ2n) is 3.83. The highest BCUT2D eigenvalue weighted by Crippen LogP contribution is 2.31. The first-order valence-corrected chi connectivity index (χ1v) is 7.63. The maximum Gasteiger partial charge on any atom is 0.387 e. The average Bonchev–Trinajstić information content (AvgIpc) is 2.87. The average molecular weight is 425 g/mol. The lowest BCUT2D eigenvalue weighted by molar-refractivity contribution is -0.0494. The lowest BCUT2D eigenvalue weighted by atomic mass is 10.2. The number of carbonyl (C=O) groups is 1. The van der Waals surface area contributed by atoms with Crippen LogP contribution in [0.3, 0.4) is 0 Å². The lowest BCUT2D eigenvalue weighted by Gasteiger charge is -2.12. The Morgan fingerprint density at radius 3 is 2.71 bits per heavy atom. The van der Waals surface area contributed by atoms with Crippen LogP contribution in [0.2, 0.25) is 0 Å². The second-order valence-corrected chi connectivity index (χ2v) is 6.64. The number of hydrogen-bond donors (Lipinski definition) is 1. The van der Waals surface area contributed by atoms with Crippen molar-refractivity contribution < 1.29 is 23.0 Å². The van der Waals surface area contributed by atoms with Crippen molar-refractivity contribution in [3.05, 3.63) is 38.1 Å². The van der Waals surface area contributed by atoms with Crippen LogP contribution in [-0.2, 0) is 0 Å². The zero-order valence-corrected chi connectivity index (χ0v) is 13.7. The monoisotopic (exact) mass is 425 g/mol. The summed E-state index contributed by atoms with van der Waals surface area (Å²) in [4.78, 5) is 12.1. The van der Waals surface area contributed by atoms with Crippen LogP contribution in [0.15, 0.2) is 29.6 Å². The van der Waals surface area contributed by atoms with Crippen molar-refractivity contribution in [2.24, 2.45) is 0 Å². The van der Waals surface area contributed by atoms with Gasteiger partial charge in [0.25, 0.3) is 5.91 Å². The molecule has 8 heteroatoms. The summed E-state index contributed by atoms with van der Waals surface area (Å²) in [7, 11) is 1.44. The number of alkyl halides is 2. The molecule has 2 aromatic rings. The van der Waals surface area contributed by atoms with Crippen LogP contribution >= 0.6 is 33.9 Å². The number of amides is 1. The summed E-state index contributed by atoms with van der Waals surface area (Å²) in [5.41, 5.74) is 0.580. The lowest BCUT2D eigenvalue weighted by Crippen LogP contribution is -2.13. The van der Waals surface area contributed by atoms with E-state index in [1.807, 2.05) is 0 Å². The van der Waals surface area contributed by atoms with E-state index in [-0.39, 0.29) is 11.4 Å². The molecule has 0 saturated carbocycles. The van der Waals surface area contributed by atoms with Crippen LogP contribution < -0.4 is 14.8 Å². The van der Waals surface area contributed by atoms with Crippen molar-refractivity contribution in [3.8, 4) is 11.5 Å². The SMILES string of the molecule is COc1ccc(OC(F)F)c(NC(=O)c2csc(I)c2)c1. The Labute approximate surface area is 137 Å². The molecule has 1 N–H and O–H groups in total. The summed E-state index contributed by atoms with van der Waals surface area (Å²) in [5, 5.41) is 4.23. The summed E-state index contributed by atoms with van der Waals surface area (Å²) >= 11 is 3.51. The summed E-state index contributed by atoms with van der Waals surface area (Å²) in [5.74, 6) is -0.0996. The van der Waals surface area contributed by atoms with Crippen molar-refractivity contribution in [1.29, 1.82) is 0 Å². The molecule has 0 fully saturated rings. The normalized spacial score (nSPS) is 10.5. The molecule has 0 spiro atoms. The Kier molecular flexibility index (Phi) is 5.34. The molecule has 0 aliphatic carbocycles. The van der Waals surface area contributed by atoms with E-state index in [0.717, 1.165) is 2.88 Å². The summed E-state index contributed by atoms with van der Waals surface area (Å²) in [6.07, 6.45) is 0. The molecule has 112 valence electrons. The van der Waals surface area contributed by atoms with Gasteiger partial charge in [-0.2, -0.15) is 8.78 Å². The molecule has 0 radical (unpaired) electrons. The third-order valence-corrected chi connectivity index (χ3v) is 4.27. The standard InChI is InChI=1S/C13H10F2INO3S/c1-19-8-2-3-10(20-13(14)15)9(5-8)17-12(18)7-4-11(16)21-6-7/h2-6,13H,1H3,(H,17,18). The molecular formula is C13H10F2INO3S. The minimum absolute atomic E-state index is 0.121. The molecule has 0 aliphatic rings. The molecule has 1 heterocycles. The molecule has 1 amide bonds. The molecule has 0 aliphatic heterocycles. The maximum atomic E-state index is 12.4. The number of nitrogens with one attached hydrogen (secondary N) is 1. The second kappa shape index (κ2) is 7.03. The largest absolute Gasteiger partial charge is 0.497 e. The van der Waals surface area contributed by atoms with Crippen molar-refractivity contribution in [2.45, 2.75) is 6.61 Å². The minimum atomic E-state index is -2.98. The third-order valence-electron chi connectivity index (χ3n) is 2.48. The van der Waals surface area contributed by atoms with Crippen LogP contribution in [-0.4, -0.2) is 19.6 Å². The number of benzene rings is 1. The van der Waals surface area contributed by atoms with E-state index in [2.05, 4.69) is 32.6 Å². The molecule has 4 nitrogen and oxygen atoms in total. The Hall–Kier alpha value is -1.42. The fourth-order valence-electron chi connectivity index (χ4n) is 1.56. The van der Waals surface area contributed by atoms with Gasteiger partial charge in [-0.15, -0.1) is 11.3 Å². The van der Waals surface area contributed by atoms with E-state index in [0.29, 0.717) is 11.3 Å². The number of rotatable bonds is 5. The number of carbonyl (C=O) groups excluding carboxylic acids is 1. The number of thiophene rings is 1. The topological polar surface area (TPSA) is 47.6 Å². The van der Waals surface area contributed by atoms with Gasteiger partial charge in [-0.05, 0) is 40.8 Å².